The maximum absolute atomic E-state index is 11.2. The molecule has 5 heteroatoms. The molecule has 2 heterocycles. The highest BCUT2D eigenvalue weighted by molar-refractivity contribution is 7.20. The summed E-state index contributed by atoms with van der Waals surface area (Å²) in [6.45, 7) is 2.95. The van der Waals surface area contributed by atoms with Crippen molar-refractivity contribution in [2.24, 2.45) is 0 Å². The summed E-state index contributed by atoms with van der Waals surface area (Å²) in [5.74, 6) is -0.878. The third-order valence-electron chi connectivity index (χ3n) is 3.40. The van der Waals surface area contributed by atoms with E-state index < -0.39 is 5.97 Å². The molecule has 0 saturated carbocycles. The summed E-state index contributed by atoms with van der Waals surface area (Å²) in [5.41, 5.74) is 1.89. The van der Waals surface area contributed by atoms with Crippen molar-refractivity contribution in [1.82, 2.24) is 9.78 Å². The van der Waals surface area contributed by atoms with Crippen molar-refractivity contribution in [3.8, 4) is 11.3 Å². The lowest BCUT2D eigenvalue weighted by molar-refractivity contribution is 0.0702. The molecule has 3 aromatic rings. The van der Waals surface area contributed by atoms with Gasteiger partial charge in [-0.25, -0.2) is 4.79 Å². The number of carboxylic acids is 1. The van der Waals surface area contributed by atoms with Crippen LogP contribution < -0.4 is 0 Å². The van der Waals surface area contributed by atoms with Gasteiger partial charge >= 0.3 is 5.97 Å². The standard InChI is InChI=1S/C16H16N2O2S/c1-2-3-9-18-15-12(10-13(21-15)16(19)20)14(17-18)11-7-5-4-6-8-11/h4-8,10H,2-3,9H2,1H3,(H,19,20). The summed E-state index contributed by atoms with van der Waals surface area (Å²) in [6.07, 6.45) is 2.12. The molecule has 0 aliphatic heterocycles. The van der Waals surface area contributed by atoms with E-state index in [4.69, 9.17) is 5.10 Å². The largest absolute Gasteiger partial charge is 0.477 e. The molecular weight excluding hydrogens is 284 g/mol. The van der Waals surface area contributed by atoms with Crippen molar-refractivity contribution in [2.45, 2.75) is 26.3 Å². The minimum atomic E-state index is -0.878. The molecule has 4 nitrogen and oxygen atoms in total. The molecule has 0 aliphatic rings. The molecule has 0 spiro atoms. The summed E-state index contributed by atoms with van der Waals surface area (Å²) >= 11 is 1.30. The number of benzene rings is 1. The van der Waals surface area contributed by atoms with E-state index in [0.29, 0.717) is 4.88 Å². The number of aryl methyl sites for hydroxylation is 1. The Labute approximate surface area is 126 Å². The molecular formula is C16H16N2O2S. The normalized spacial score (nSPS) is 11.1. The number of carboxylic acid groups (broad SMARTS) is 1. The number of aromatic carboxylic acids is 1. The molecule has 0 bridgehead atoms. The number of hydrogen-bond donors (Lipinski definition) is 1. The smallest absolute Gasteiger partial charge is 0.345 e. The Bertz CT molecular complexity index is 774. The maximum Gasteiger partial charge on any atom is 0.345 e. The average molecular weight is 300 g/mol. The van der Waals surface area contributed by atoms with E-state index in [1.54, 1.807) is 6.07 Å². The number of unbranched alkanes of at least 4 members (excludes halogenated alkanes) is 1. The molecule has 1 N–H and O–H groups in total. The van der Waals surface area contributed by atoms with Gasteiger partial charge in [-0.1, -0.05) is 43.7 Å². The number of carbonyl (C=O) groups is 1. The first-order valence-electron chi connectivity index (χ1n) is 6.99. The Morgan fingerprint density at radius 1 is 1.33 bits per heavy atom. The SMILES string of the molecule is CCCCn1nc(-c2ccccc2)c2cc(C(=O)O)sc21. The van der Waals surface area contributed by atoms with Crippen LogP contribution in [0.1, 0.15) is 29.4 Å². The number of rotatable bonds is 5. The first-order valence-corrected chi connectivity index (χ1v) is 7.81. The molecule has 0 unspecified atom stereocenters. The van der Waals surface area contributed by atoms with Crippen LogP contribution >= 0.6 is 11.3 Å². The van der Waals surface area contributed by atoms with Gasteiger partial charge in [-0.15, -0.1) is 11.3 Å². The third-order valence-corrected chi connectivity index (χ3v) is 4.54. The second kappa shape index (κ2) is 5.69. The molecule has 0 aliphatic carbocycles. The van der Waals surface area contributed by atoms with E-state index >= 15 is 0 Å². The predicted molar refractivity (Wildman–Crippen MR) is 84.9 cm³/mol. The Morgan fingerprint density at radius 3 is 2.76 bits per heavy atom. The van der Waals surface area contributed by atoms with Gasteiger partial charge in [0.1, 0.15) is 15.4 Å². The van der Waals surface area contributed by atoms with Crippen molar-refractivity contribution in [3.05, 3.63) is 41.3 Å². The number of aromatic nitrogens is 2. The zero-order valence-electron chi connectivity index (χ0n) is 11.7. The van der Waals surface area contributed by atoms with E-state index in [1.165, 1.54) is 11.3 Å². The second-order valence-corrected chi connectivity index (χ2v) is 5.96. The van der Waals surface area contributed by atoms with Crippen LogP contribution in [-0.4, -0.2) is 20.9 Å². The van der Waals surface area contributed by atoms with Gasteiger partial charge in [0.15, 0.2) is 0 Å². The summed E-state index contributed by atoms with van der Waals surface area (Å²) < 4.78 is 1.94. The number of nitrogens with zero attached hydrogens (tertiary/aromatic N) is 2. The fourth-order valence-corrected chi connectivity index (χ4v) is 3.31. The van der Waals surface area contributed by atoms with Gasteiger partial charge in [0.2, 0.25) is 0 Å². The molecule has 2 aromatic heterocycles. The van der Waals surface area contributed by atoms with Crippen LogP contribution in [0.5, 0.6) is 0 Å². The molecule has 0 saturated heterocycles. The monoisotopic (exact) mass is 300 g/mol. The van der Waals surface area contributed by atoms with E-state index in [1.807, 2.05) is 35.0 Å². The first-order chi connectivity index (χ1) is 10.2. The van der Waals surface area contributed by atoms with Gasteiger partial charge in [0, 0.05) is 17.5 Å². The van der Waals surface area contributed by atoms with E-state index in [2.05, 4.69) is 6.92 Å². The minimum absolute atomic E-state index is 0.366. The topological polar surface area (TPSA) is 55.1 Å². The van der Waals surface area contributed by atoms with Gasteiger partial charge in [-0.3, -0.25) is 4.68 Å². The first kappa shape index (κ1) is 13.8. The quantitative estimate of drug-likeness (QED) is 0.766. The highest BCUT2D eigenvalue weighted by Crippen LogP contribution is 2.34. The highest BCUT2D eigenvalue weighted by atomic mass is 32.1. The van der Waals surface area contributed by atoms with Crippen LogP contribution in [0.3, 0.4) is 0 Å². The maximum atomic E-state index is 11.2. The average Bonchev–Trinajstić information content (AvgIpc) is 3.05. The molecule has 1 aromatic carbocycles. The fraction of sp³-hybridized carbons (Fsp3) is 0.250. The summed E-state index contributed by atoms with van der Waals surface area (Å²) in [5, 5.41) is 14.8. The molecule has 0 amide bonds. The van der Waals surface area contributed by atoms with Crippen LogP contribution in [0.25, 0.3) is 21.5 Å². The number of hydrogen-bond acceptors (Lipinski definition) is 3. The zero-order chi connectivity index (χ0) is 14.8. The Kier molecular flexibility index (Phi) is 3.75. The molecule has 0 radical (unpaired) electrons. The van der Waals surface area contributed by atoms with Crippen molar-refractivity contribution < 1.29 is 9.90 Å². The van der Waals surface area contributed by atoms with Crippen molar-refractivity contribution in [3.63, 3.8) is 0 Å². The van der Waals surface area contributed by atoms with Gasteiger partial charge in [-0.2, -0.15) is 5.10 Å². The minimum Gasteiger partial charge on any atom is -0.477 e. The summed E-state index contributed by atoms with van der Waals surface area (Å²) in [7, 11) is 0. The van der Waals surface area contributed by atoms with Gasteiger partial charge < -0.3 is 5.11 Å². The fourth-order valence-electron chi connectivity index (χ4n) is 2.34. The summed E-state index contributed by atoms with van der Waals surface area (Å²) in [4.78, 5) is 12.5. The lowest BCUT2D eigenvalue weighted by Crippen LogP contribution is -1.99. The van der Waals surface area contributed by atoms with Crippen LogP contribution in [0, 0.1) is 0 Å². The molecule has 0 fully saturated rings. The number of fused-ring (bicyclic) bond motifs is 1. The lowest BCUT2D eigenvalue weighted by Gasteiger charge is -2.00. The predicted octanol–water partition coefficient (Wildman–Crippen LogP) is 4.26. The summed E-state index contributed by atoms with van der Waals surface area (Å²) in [6, 6.07) is 11.6. The second-order valence-electron chi connectivity index (χ2n) is 4.93. The Balaban J connectivity index is 2.17. The third kappa shape index (κ3) is 2.56. The van der Waals surface area contributed by atoms with Gasteiger partial charge in [0.05, 0.1) is 0 Å². The van der Waals surface area contributed by atoms with Crippen molar-refractivity contribution in [1.29, 1.82) is 0 Å². The van der Waals surface area contributed by atoms with Gasteiger partial charge in [0.25, 0.3) is 0 Å². The highest BCUT2D eigenvalue weighted by Gasteiger charge is 2.18. The molecule has 0 atom stereocenters. The number of thiophene rings is 1. The van der Waals surface area contributed by atoms with Crippen molar-refractivity contribution in [2.75, 3.05) is 0 Å². The van der Waals surface area contributed by atoms with E-state index in [9.17, 15) is 9.90 Å². The lowest BCUT2D eigenvalue weighted by atomic mass is 10.1. The van der Waals surface area contributed by atoms with Crippen LogP contribution in [0.15, 0.2) is 36.4 Å². The van der Waals surface area contributed by atoms with Crippen LogP contribution in [0.2, 0.25) is 0 Å². The Hall–Kier alpha value is -2.14. The van der Waals surface area contributed by atoms with E-state index in [0.717, 1.165) is 40.9 Å². The Morgan fingerprint density at radius 2 is 2.10 bits per heavy atom. The van der Waals surface area contributed by atoms with E-state index in [-0.39, 0.29) is 0 Å². The van der Waals surface area contributed by atoms with Crippen LogP contribution in [0.4, 0.5) is 0 Å². The molecule has 3 rings (SSSR count). The molecule has 21 heavy (non-hydrogen) atoms. The molecule has 108 valence electrons. The zero-order valence-corrected chi connectivity index (χ0v) is 12.6. The van der Waals surface area contributed by atoms with Gasteiger partial charge in [-0.05, 0) is 12.5 Å². The van der Waals surface area contributed by atoms with Crippen LogP contribution in [-0.2, 0) is 6.54 Å². The van der Waals surface area contributed by atoms with Crippen molar-refractivity contribution >= 4 is 27.5 Å².